The number of amides is 1. The zero-order chi connectivity index (χ0) is 14.4. The number of thiazole rings is 1. The smallest absolute Gasteiger partial charge is 0.244 e. The molecule has 0 radical (unpaired) electrons. The summed E-state index contributed by atoms with van der Waals surface area (Å²) < 4.78 is 12.7. The lowest BCUT2D eigenvalue weighted by Gasteiger charge is -2.02. The minimum Gasteiger partial charge on any atom is -0.352 e. The fourth-order valence-electron chi connectivity index (χ4n) is 1.66. The zero-order valence-corrected chi connectivity index (χ0v) is 11.9. The molecule has 1 N–H and O–H groups in total. The molecule has 0 aliphatic carbocycles. The molecule has 3 nitrogen and oxygen atoms in total. The van der Waals surface area contributed by atoms with Crippen molar-refractivity contribution in [3.8, 4) is 0 Å². The third kappa shape index (κ3) is 4.59. The number of hydrogen-bond acceptors (Lipinski definition) is 3. The van der Waals surface area contributed by atoms with Gasteiger partial charge in [-0.25, -0.2) is 9.37 Å². The topological polar surface area (TPSA) is 42.0 Å². The lowest BCUT2D eigenvalue weighted by atomic mass is 10.1. The summed E-state index contributed by atoms with van der Waals surface area (Å²) in [4.78, 5) is 15.8. The lowest BCUT2D eigenvalue weighted by molar-refractivity contribution is -0.116. The third-order valence-corrected chi connectivity index (χ3v) is 3.46. The zero-order valence-electron chi connectivity index (χ0n) is 11.1. The minimum absolute atomic E-state index is 0.155. The van der Waals surface area contributed by atoms with Gasteiger partial charge >= 0.3 is 0 Å². The molecule has 1 heterocycles. The van der Waals surface area contributed by atoms with Gasteiger partial charge in [-0.2, -0.15) is 0 Å². The Hall–Kier alpha value is -2.01. The van der Waals surface area contributed by atoms with E-state index < -0.39 is 0 Å². The van der Waals surface area contributed by atoms with Crippen LogP contribution in [-0.4, -0.2) is 17.4 Å². The van der Waals surface area contributed by atoms with Gasteiger partial charge in [-0.3, -0.25) is 4.79 Å². The largest absolute Gasteiger partial charge is 0.352 e. The molecule has 0 saturated heterocycles. The normalized spacial score (nSPS) is 10.9. The molecule has 0 saturated carbocycles. The van der Waals surface area contributed by atoms with Crippen molar-refractivity contribution in [1.82, 2.24) is 10.3 Å². The van der Waals surface area contributed by atoms with Crippen molar-refractivity contribution in [3.05, 3.63) is 57.8 Å². The van der Waals surface area contributed by atoms with E-state index in [4.69, 9.17) is 0 Å². The number of benzene rings is 1. The molecule has 104 valence electrons. The van der Waals surface area contributed by atoms with Gasteiger partial charge in [0.15, 0.2) is 0 Å². The molecule has 0 spiro atoms. The van der Waals surface area contributed by atoms with Crippen LogP contribution in [0.2, 0.25) is 0 Å². The summed E-state index contributed by atoms with van der Waals surface area (Å²) in [5.74, 6) is -0.406. The quantitative estimate of drug-likeness (QED) is 0.860. The summed E-state index contributed by atoms with van der Waals surface area (Å²) in [6.45, 7) is 2.44. The predicted octanol–water partition coefficient (Wildman–Crippen LogP) is 2.96. The molecular weight excluding hydrogens is 275 g/mol. The fourth-order valence-corrected chi connectivity index (χ4v) is 2.24. The summed E-state index contributed by atoms with van der Waals surface area (Å²) in [6.07, 6.45) is 3.84. The Kier molecular flexibility index (Phi) is 5.01. The summed E-state index contributed by atoms with van der Waals surface area (Å²) >= 11 is 1.55. The van der Waals surface area contributed by atoms with Crippen LogP contribution in [0.25, 0.3) is 6.08 Å². The number of aromatic nitrogens is 1. The molecule has 2 rings (SSSR count). The van der Waals surface area contributed by atoms with Crippen LogP contribution in [0.5, 0.6) is 0 Å². The fraction of sp³-hybridized carbons (Fsp3) is 0.200. The Balaban J connectivity index is 1.75. The molecule has 0 bridgehead atoms. The first-order chi connectivity index (χ1) is 9.63. The molecule has 2 aromatic rings. The second-order valence-corrected chi connectivity index (χ2v) is 5.35. The number of rotatable bonds is 5. The molecule has 0 atom stereocenters. The first-order valence-corrected chi connectivity index (χ1v) is 7.14. The third-order valence-electron chi connectivity index (χ3n) is 2.67. The molecule has 20 heavy (non-hydrogen) atoms. The maximum absolute atomic E-state index is 12.7. The molecule has 0 aliphatic rings. The first-order valence-electron chi connectivity index (χ1n) is 6.26. The number of carbonyl (C=O) groups is 1. The van der Waals surface area contributed by atoms with Gasteiger partial charge in [0.05, 0.1) is 10.7 Å². The molecule has 0 aliphatic heterocycles. The van der Waals surface area contributed by atoms with E-state index in [1.165, 1.54) is 18.2 Å². The van der Waals surface area contributed by atoms with Crippen LogP contribution in [-0.2, 0) is 11.2 Å². The highest BCUT2D eigenvalue weighted by atomic mass is 32.1. The molecule has 5 heteroatoms. The highest BCUT2D eigenvalue weighted by Crippen LogP contribution is 2.09. The van der Waals surface area contributed by atoms with Gasteiger partial charge < -0.3 is 5.32 Å². The van der Waals surface area contributed by atoms with Crippen LogP contribution in [0, 0.1) is 12.7 Å². The van der Waals surface area contributed by atoms with Crippen molar-refractivity contribution in [2.24, 2.45) is 0 Å². The van der Waals surface area contributed by atoms with E-state index in [-0.39, 0.29) is 11.7 Å². The van der Waals surface area contributed by atoms with Crippen molar-refractivity contribution in [1.29, 1.82) is 0 Å². The Morgan fingerprint density at radius 2 is 2.15 bits per heavy atom. The summed E-state index contributed by atoms with van der Waals surface area (Å²) in [5, 5.41) is 5.65. The summed E-state index contributed by atoms with van der Waals surface area (Å²) in [5.41, 5.74) is 1.78. The van der Waals surface area contributed by atoms with E-state index >= 15 is 0 Å². The second-order valence-electron chi connectivity index (χ2n) is 4.29. The standard InChI is InChI=1S/C15H15FN2OS/c1-11-18-14(10-20-11)6-7-15(19)17-9-8-12-2-4-13(16)5-3-12/h2-7,10H,8-9H2,1H3,(H,17,19)/b7-6+. The highest BCUT2D eigenvalue weighted by Gasteiger charge is 1.98. The number of aryl methyl sites for hydroxylation is 1. The maximum Gasteiger partial charge on any atom is 0.244 e. The van der Waals surface area contributed by atoms with E-state index in [1.54, 1.807) is 29.5 Å². The van der Waals surface area contributed by atoms with E-state index in [9.17, 15) is 9.18 Å². The van der Waals surface area contributed by atoms with Gasteiger partial charge in [0.1, 0.15) is 5.82 Å². The van der Waals surface area contributed by atoms with Gasteiger partial charge in [0, 0.05) is 18.0 Å². The van der Waals surface area contributed by atoms with Crippen LogP contribution in [0.4, 0.5) is 4.39 Å². The number of nitrogens with zero attached hydrogens (tertiary/aromatic N) is 1. The lowest BCUT2D eigenvalue weighted by Crippen LogP contribution is -2.23. The van der Waals surface area contributed by atoms with Crippen molar-refractivity contribution in [2.45, 2.75) is 13.3 Å². The average Bonchev–Trinajstić information content (AvgIpc) is 2.85. The Bertz CT molecular complexity index is 605. The van der Waals surface area contributed by atoms with Crippen molar-refractivity contribution < 1.29 is 9.18 Å². The number of carbonyl (C=O) groups excluding carboxylic acids is 1. The van der Waals surface area contributed by atoms with Crippen LogP contribution in [0.15, 0.2) is 35.7 Å². The van der Waals surface area contributed by atoms with Crippen LogP contribution in [0.3, 0.4) is 0 Å². The van der Waals surface area contributed by atoms with Gasteiger partial charge in [-0.1, -0.05) is 12.1 Å². The Morgan fingerprint density at radius 1 is 1.40 bits per heavy atom. The van der Waals surface area contributed by atoms with E-state index in [0.29, 0.717) is 13.0 Å². The Labute approximate surface area is 121 Å². The van der Waals surface area contributed by atoms with Crippen molar-refractivity contribution in [2.75, 3.05) is 6.54 Å². The SMILES string of the molecule is Cc1nc(/C=C/C(=O)NCCc2ccc(F)cc2)cs1. The highest BCUT2D eigenvalue weighted by molar-refractivity contribution is 7.09. The average molecular weight is 290 g/mol. The Morgan fingerprint density at radius 3 is 2.80 bits per heavy atom. The van der Waals surface area contributed by atoms with Crippen molar-refractivity contribution in [3.63, 3.8) is 0 Å². The molecule has 0 unspecified atom stereocenters. The van der Waals surface area contributed by atoms with Crippen molar-refractivity contribution >= 4 is 23.3 Å². The van der Waals surface area contributed by atoms with Gasteiger partial charge in [-0.05, 0) is 37.1 Å². The summed E-state index contributed by atoms with van der Waals surface area (Å²) in [7, 11) is 0. The predicted molar refractivity (Wildman–Crippen MR) is 79.0 cm³/mol. The first kappa shape index (κ1) is 14.4. The molecule has 0 fully saturated rings. The van der Waals surface area contributed by atoms with Crippen LogP contribution in [0.1, 0.15) is 16.3 Å². The maximum atomic E-state index is 12.7. The number of halogens is 1. The van der Waals surface area contributed by atoms with E-state index in [1.807, 2.05) is 12.3 Å². The molecule has 1 aromatic heterocycles. The second kappa shape index (κ2) is 6.96. The van der Waals surface area contributed by atoms with E-state index in [2.05, 4.69) is 10.3 Å². The number of hydrogen-bond donors (Lipinski definition) is 1. The van der Waals surface area contributed by atoms with Crippen LogP contribution < -0.4 is 5.32 Å². The summed E-state index contributed by atoms with van der Waals surface area (Å²) in [6, 6.07) is 6.27. The van der Waals surface area contributed by atoms with Gasteiger partial charge in [0.2, 0.25) is 5.91 Å². The van der Waals surface area contributed by atoms with Gasteiger partial charge in [-0.15, -0.1) is 11.3 Å². The number of nitrogens with one attached hydrogen (secondary N) is 1. The van der Waals surface area contributed by atoms with Crippen LogP contribution >= 0.6 is 11.3 Å². The molecular formula is C15H15FN2OS. The van der Waals surface area contributed by atoms with Gasteiger partial charge in [0.25, 0.3) is 0 Å². The molecule has 1 aromatic carbocycles. The molecule has 1 amide bonds. The monoisotopic (exact) mass is 290 g/mol. The van der Waals surface area contributed by atoms with E-state index in [0.717, 1.165) is 16.3 Å². The minimum atomic E-state index is -0.251.